The van der Waals surface area contributed by atoms with E-state index < -0.39 is 5.60 Å². The molecule has 128 valence electrons. The summed E-state index contributed by atoms with van der Waals surface area (Å²) in [6.07, 6.45) is 6.57. The minimum Gasteiger partial charge on any atom is -0.444 e. The molecule has 1 saturated heterocycles. The number of carbonyl (C=O) groups excluding carboxylic acids is 1. The highest BCUT2D eigenvalue weighted by Gasteiger charge is 2.37. The summed E-state index contributed by atoms with van der Waals surface area (Å²) in [5, 5.41) is 13.8. The molecule has 1 aromatic heterocycles. The van der Waals surface area contributed by atoms with Gasteiger partial charge < -0.3 is 9.64 Å². The van der Waals surface area contributed by atoms with Crippen LogP contribution in [0.1, 0.15) is 64.0 Å². The second-order valence-corrected chi connectivity index (χ2v) is 7.10. The van der Waals surface area contributed by atoms with E-state index in [4.69, 9.17) is 11.2 Å². The quantitative estimate of drug-likeness (QED) is 0.783. The zero-order chi connectivity index (χ0) is 18.1. The van der Waals surface area contributed by atoms with Crippen LogP contribution in [-0.4, -0.2) is 39.0 Å². The van der Waals surface area contributed by atoms with Gasteiger partial charge in [0.05, 0.1) is 11.7 Å². The van der Waals surface area contributed by atoms with Crippen LogP contribution in [0.5, 0.6) is 0 Å². The van der Waals surface area contributed by atoms with Gasteiger partial charge >= 0.3 is 6.09 Å². The van der Waals surface area contributed by atoms with Crippen LogP contribution in [0, 0.1) is 23.7 Å². The van der Waals surface area contributed by atoms with E-state index in [1.807, 2.05) is 39.3 Å². The zero-order valence-electron chi connectivity index (χ0n) is 15.0. The van der Waals surface area contributed by atoms with Crippen LogP contribution in [0.3, 0.4) is 0 Å². The van der Waals surface area contributed by atoms with Gasteiger partial charge in [0.15, 0.2) is 5.69 Å². The first-order chi connectivity index (χ1) is 11.2. The Morgan fingerprint density at radius 2 is 2.17 bits per heavy atom. The Labute approximate surface area is 143 Å². The summed E-state index contributed by atoms with van der Waals surface area (Å²) in [5.74, 6) is 2.48. The minimum atomic E-state index is -0.528. The van der Waals surface area contributed by atoms with Crippen molar-refractivity contribution in [3.05, 3.63) is 17.0 Å². The van der Waals surface area contributed by atoms with Gasteiger partial charge in [-0.2, -0.15) is 10.4 Å². The highest BCUT2D eigenvalue weighted by molar-refractivity contribution is 5.69. The van der Waals surface area contributed by atoms with Crippen LogP contribution >= 0.6 is 0 Å². The molecule has 0 N–H and O–H groups in total. The van der Waals surface area contributed by atoms with E-state index in [0.29, 0.717) is 24.2 Å². The summed E-state index contributed by atoms with van der Waals surface area (Å²) in [6, 6.07) is 2.19. The second-order valence-electron chi connectivity index (χ2n) is 7.10. The van der Waals surface area contributed by atoms with Gasteiger partial charge in [-0.15, -0.1) is 6.42 Å². The van der Waals surface area contributed by atoms with Crippen molar-refractivity contribution in [1.29, 1.82) is 5.26 Å². The van der Waals surface area contributed by atoms with E-state index in [-0.39, 0.29) is 18.2 Å². The molecular formula is C18H24N4O2. The smallest absolute Gasteiger partial charge is 0.410 e. The Morgan fingerprint density at radius 3 is 2.67 bits per heavy atom. The molecule has 2 heterocycles. The number of hydrogen-bond donors (Lipinski definition) is 0. The van der Waals surface area contributed by atoms with Gasteiger partial charge in [-0.1, -0.05) is 6.92 Å². The van der Waals surface area contributed by atoms with E-state index in [9.17, 15) is 10.1 Å². The number of hydrogen-bond acceptors (Lipinski definition) is 4. The fraction of sp³-hybridized carbons (Fsp3) is 0.611. The summed E-state index contributed by atoms with van der Waals surface area (Å²) in [4.78, 5) is 14.1. The van der Waals surface area contributed by atoms with Crippen molar-refractivity contribution in [2.24, 2.45) is 0 Å². The van der Waals surface area contributed by atoms with Gasteiger partial charge in [0.2, 0.25) is 0 Å². The lowest BCUT2D eigenvalue weighted by Crippen LogP contribution is -2.39. The van der Waals surface area contributed by atoms with Crippen LogP contribution in [0.15, 0.2) is 0 Å². The van der Waals surface area contributed by atoms with Crippen LogP contribution in [0.4, 0.5) is 4.79 Å². The number of nitriles is 1. The first-order valence-corrected chi connectivity index (χ1v) is 8.19. The molecule has 0 aliphatic carbocycles. The zero-order valence-corrected chi connectivity index (χ0v) is 15.0. The fourth-order valence-corrected chi connectivity index (χ4v) is 3.08. The largest absolute Gasteiger partial charge is 0.444 e. The summed E-state index contributed by atoms with van der Waals surface area (Å²) in [7, 11) is 0. The van der Waals surface area contributed by atoms with Gasteiger partial charge in [-0.05, 0) is 46.5 Å². The monoisotopic (exact) mass is 328 g/mol. The molecule has 0 bridgehead atoms. The van der Waals surface area contributed by atoms with Crippen LogP contribution in [0.2, 0.25) is 0 Å². The fourth-order valence-electron chi connectivity index (χ4n) is 3.08. The number of rotatable bonds is 2. The standard InChI is InChI=1S/C18H24N4O2/c1-7-15-14(10-19)16(8-2)22(20-15)13-9-12(3)21(11-13)17(23)24-18(4,5)6/h1,12-13H,8-9,11H2,2-6H3/t12-,13+/m1/s1. The molecule has 2 rings (SSSR count). The molecular weight excluding hydrogens is 304 g/mol. The van der Waals surface area contributed by atoms with Crippen molar-refractivity contribution >= 4 is 6.09 Å². The lowest BCUT2D eigenvalue weighted by atomic mass is 10.1. The molecule has 24 heavy (non-hydrogen) atoms. The first-order valence-electron chi connectivity index (χ1n) is 8.19. The molecule has 0 radical (unpaired) electrons. The number of terminal acetylenes is 1. The summed E-state index contributed by atoms with van der Waals surface area (Å²) >= 11 is 0. The third-order valence-corrected chi connectivity index (χ3v) is 4.12. The van der Waals surface area contributed by atoms with Crippen LogP contribution in [0.25, 0.3) is 0 Å². The van der Waals surface area contributed by atoms with Gasteiger partial charge in [0.25, 0.3) is 0 Å². The van der Waals surface area contributed by atoms with Gasteiger partial charge in [-0.25, -0.2) is 4.79 Å². The third-order valence-electron chi connectivity index (χ3n) is 4.12. The van der Waals surface area contributed by atoms with Crippen LogP contribution < -0.4 is 0 Å². The lowest BCUT2D eigenvalue weighted by molar-refractivity contribution is 0.0234. The Morgan fingerprint density at radius 1 is 1.50 bits per heavy atom. The summed E-state index contributed by atoms with van der Waals surface area (Å²) < 4.78 is 7.30. The lowest BCUT2D eigenvalue weighted by Gasteiger charge is -2.26. The maximum absolute atomic E-state index is 12.4. The number of amides is 1. The van der Waals surface area contributed by atoms with E-state index in [2.05, 4.69) is 17.1 Å². The predicted molar refractivity (Wildman–Crippen MR) is 90.3 cm³/mol. The van der Waals surface area contributed by atoms with E-state index in [1.54, 1.807) is 4.90 Å². The van der Waals surface area contributed by atoms with E-state index in [1.165, 1.54) is 0 Å². The Hall–Kier alpha value is -2.47. The molecule has 0 unspecified atom stereocenters. The molecule has 1 aromatic rings. The maximum atomic E-state index is 12.4. The molecule has 1 aliphatic heterocycles. The predicted octanol–water partition coefficient (Wildman–Crippen LogP) is 2.87. The molecule has 6 nitrogen and oxygen atoms in total. The van der Waals surface area contributed by atoms with Gasteiger partial charge in [0.1, 0.15) is 17.2 Å². The Kier molecular flexibility index (Phi) is 4.89. The van der Waals surface area contributed by atoms with Crippen molar-refractivity contribution in [2.75, 3.05) is 6.54 Å². The number of ether oxygens (including phenoxy) is 1. The van der Waals surface area contributed by atoms with Gasteiger partial charge in [-0.3, -0.25) is 4.68 Å². The van der Waals surface area contributed by atoms with Crippen molar-refractivity contribution in [3.63, 3.8) is 0 Å². The summed E-state index contributed by atoms with van der Waals surface area (Å²) in [5.41, 5.74) is 1.13. The Balaban J connectivity index is 2.27. The number of aromatic nitrogens is 2. The highest BCUT2D eigenvalue weighted by Crippen LogP contribution is 2.31. The third kappa shape index (κ3) is 3.38. The Bertz CT molecular complexity index is 715. The number of carbonyl (C=O) groups is 1. The molecule has 1 fully saturated rings. The van der Waals surface area contributed by atoms with E-state index >= 15 is 0 Å². The molecule has 0 saturated carbocycles. The SMILES string of the molecule is C#Cc1nn([C@H]2C[C@@H](C)N(C(=O)OC(C)(C)C)C2)c(CC)c1C#N. The van der Waals surface area contributed by atoms with E-state index in [0.717, 1.165) is 12.1 Å². The van der Waals surface area contributed by atoms with Crippen molar-refractivity contribution in [3.8, 4) is 18.4 Å². The average molecular weight is 328 g/mol. The maximum Gasteiger partial charge on any atom is 0.410 e. The highest BCUT2D eigenvalue weighted by atomic mass is 16.6. The number of likely N-dealkylation sites (tertiary alicyclic amines) is 1. The second kappa shape index (κ2) is 6.57. The van der Waals surface area contributed by atoms with Crippen molar-refractivity contribution in [1.82, 2.24) is 14.7 Å². The molecule has 2 atom stereocenters. The molecule has 0 spiro atoms. The molecule has 6 heteroatoms. The molecule has 1 aliphatic rings. The van der Waals surface area contributed by atoms with Crippen molar-refractivity contribution in [2.45, 2.75) is 65.1 Å². The van der Waals surface area contributed by atoms with Crippen molar-refractivity contribution < 1.29 is 9.53 Å². The first kappa shape index (κ1) is 17.9. The topological polar surface area (TPSA) is 71.2 Å². The normalized spacial score (nSPS) is 20.5. The van der Waals surface area contributed by atoms with Gasteiger partial charge in [0, 0.05) is 12.6 Å². The molecule has 1 amide bonds. The summed E-state index contributed by atoms with van der Waals surface area (Å²) in [6.45, 7) is 10.0. The average Bonchev–Trinajstić information content (AvgIpc) is 3.04. The molecule has 0 aromatic carbocycles. The number of nitrogens with zero attached hydrogens (tertiary/aromatic N) is 4. The minimum absolute atomic E-state index is 0.00308. The van der Waals surface area contributed by atoms with Crippen LogP contribution in [-0.2, 0) is 11.2 Å².